The van der Waals surface area contributed by atoms with Gasteiger partial charge in [0.25, 0.3) is 5.69 Å². The first kappa shape index (κ1) is 24.7. The number of carboxylic acids is 1. The smallest absolute Gasteiger partial charge is 0.322 e. The van der Waals surface area contributed by atoms with Gasteiger partial charge in [-0.05, 0) is 24.1 Å². The van der Waals surface area contributed by atoms with Gasteiger partial charge in [-0.1, -0.05) is 60.7 Å². The lowest BCUT2D eigenvalue weighted by molar-refractivity contribution is -0.384. The number of aliphatic carboxylic acids is 1. The molecule has 3 aromatic rings. The first-order valence-electron chi connectivity index (χ1n) is 10.3. The predicted octanol–water partition coefficient (Wildman–Crippen LogP) is 3.55. The number of sulfonamides is 1. The van der Waals surface area contributed by atoms with Crippen molar-refractivity contribution in [2.24, 2.45) is 0 Å². The zero-order chi connectivity index (χ0) is 24.7. The van der Waals surface area contributed by atoms with E-state index in [1.54, 1.807) is 60.7 Å². The molecule has 9 nitrogen and oxygen atoms in total. The zero-order valence-corrected chi connectivity index (χ0v) is 18.8. The number of carbonyl (C=O) groups excluding carboxylic acids is 1. The van der Waals surface area contributed by atoms with Crippen LogP contribution < -0.4 is 0 Å². The summed E-state index contributed by atoms with van der Waals surface area (Å²) >= 11 is 0. The van der Waals surface area contributed by atoms with Crippen LogP contribution in [-0.4, -0.2) is 47.1 Å². The van der Waals surface area contributed by atoms with Crippen LogP contribution >= 0.6 is 0 Å². The molecule has 3 rings (SSSR count). The molecule has 176 valence electrons. The fourth-order valence-corrected chi connectivity index (χ4v) is 5.03. The van der Waals surface area contributed by atoms with E-state index in [1.165, 1.54) is 0 Å². The van der Waals surface area contributed by atoms with Gasteiger partial charge in [-0.25, -0.2) is 8.42 Å². The van der Waals surface area contributed by atoms with Gasteiger partial charge in [-0.2, -0.15) is 4.31 Å². The Morgan fingerprint density at radius 3 is 2.00 bits per heavy atom. The summed E-state index contributed by atoms with van der Waals surface area (Å²) in [5.74, 6) is -1.71. The number of nitro benzene ring substituents is 1. The van der Waals surface area contributed by atoms with E-state index in [0.717, 1.165) is 28.6 Å². The molecule has 0 spiro atoms. The SMILES string of the molecule is O=C(CCN([C@@H](Cc1ccccc1)C(=O)O)S(=O)(=O)c1ccc([N+](=O)[O-])cc1)c1ccccc1. The third kappa shape index (κ3) is 5.91. The Bertz CT molecular complexity index is 1260. The molecule has 0 aliphatic heterocycles. The van der Waals surface area contributed by atoms with Crippen LogP contribution in [0.3, 0.4) is 0 Å². The summed E-state index contributed by atoms with van der Waals surface area (Å²) in [7, 11) is -4.41. The van der Waals surface area contributed by atoms with Crippen molar-refractivity contribution >= 4 is 27.5 Å². The average molecular weight is 483 g/mol. The van der Waals surface area contributed by atoms with E-state index in [9.17, 15) is 33.2 Å². The Kier molecular flexibility index (Phi) is 7.87. The monoisotopic (exact) mass is 482 g/mol. The van der Waals surface area contributed by atoms with Crippen molar-refractivity contribution in [3.63, 3.8) is 0 Å². The lowest BCUT2D eigenvalue weighted by Gasteiger charge is -2.28. The van der Waals surface area contributed by atoms with Gasteiger partial charge in [-0.15, -0.1) is 0 Å². The molecule has 0 radical (unpaired) electrons. The molecule has 1 N–H and O–H groups in total. The topological polar surface area (TPSA) is 135 Å². The van der Waals surface area contributed by atoms with Gasteiger partial charge in [0.2, 0.25) is 10.0 Å². The second-order valence-corrected chi connectivity index (χ2v) is 9.34. The highest BCUT2D eigenvalue weighted by Crippen LogP contribution is 2.24. The summed E-state index contributed by atoms with van der Waals surface area (Å²) in [5, 5.41) is 20.9. The molecule has 0 heterocycles. The molecule has 0 fully saturated rings. The fourth-order valence-electron chi connectivity index (χ4n) is 3.45. The van der Waals surface area contributed by atoms with E-state index >= 15 is 0 Å². The van der Waals surface area contributed by atoms with Gasteiger partial charge in [0, 0.05) is 30.7 Å². The Morgan fingerprint density at radius 2 is 1.47 bits per heavy atom. The van der Waals surface area contributed by atoms with Crippen molar-refractivity contribution in [1.29, 1.82) is 0 Å². The van der Waals surface area contributed by atoms with Crippen LogP contribution in [0.1, 0.15) is 22.3 Å². The highest BCUT2D eigenvalue weighted by atomic mass is 32.2. The lowest BCUT2D eigenvalue weighted by atomic mass is 10.1. The number of benzene rings is 3. The molecule has 10 heteroatoms. The molecular weight excluding hydrogens is 460 g/mol. The number of carboxylic acid groups (broad SMARTS) is 1. The summed E-state index contributed by atoms with van der Waals surface area (Å²) in [4.78, 5) is 34.8. The number of nitrogens with zero attached hydrogens (tertiary/aromatic N) is 2. The second kappa shape index (κ2) is 10.8. The third-order valence-corrected chi connectivity index (χ3v) is 7.14. The highest BCUT2D eigenvalue weighted by molar-refractivity contribution is 7.89. The number of hydrogen-bond acceptors (Lipinski definition) is 6. The molecule has 0 unspecified atom stereocenters. The van der Waals surface area contributed by atoms with Gasteiger partial charge in [0.05, 0.1) is 9.82 Å². The Labute approximate surface area is 196 Å². The fraction of sp³-hybridized carbons (Fsp3) is 0.167. The van der Waals surface area contributed by atoms with Crippen LogP contribution in [0.15, 0.2) is 89.8 Å². The van der Waals surface area contributed by atoms with E-state index in [1.807, 2.05) is 0 Å². The summed E-state index contributed by atoms with van der Waals surface area (Å²) in [6.07, 6.45) is -0.364. The number of Topliss-reactive ketones (excluding diaryl/α,β-unsaturated/α-hetero) is 1. The molecule has 3 aromatic carbocycles. The van der Waals surface area contributed by atoms with Gasteiger partial charge in [0.15, 0.2) is 5.78 Å². The van der Waals surface area contributed by atoms with Crippen molar-refractivity contribution in [2.45, 2.75) is 23.8 Å². The minimum Gasteiger partial charge on any atom is -0.480 e. The van der Waals surface area contributed by atoms with Crippen molar-refractivity contribution < 1.29 is 28.0 Å². The molecule has 34 heavy (non-hydrogen) atoms. The van der Waals surface area contributed by atoms with Crippen molar-refractivity contribution in [3.05, 3.63) is 106 Å². The van der Waals surface area contributed by atoms with Gasteiger partial charge < -0.3 is 5.11 Å². The van der Waals surface area contributed by atoms with Crippen LogP contribution in [-0.2, 0) is 21.2 Å². The molecule has 0 aliphatic carbocycles. The number of nitro groups is 1. The van der Waals surface area contributed by atoms with Crippen LogP contribution in [0.5, 0.6) is 0 Å². The number of rotatable bonds is 11. The van der Waals surface area contributed by atoms with E-state index < -0.39 is 27.0 Å². The Morgan fingerprint density at radius 1 is 0.912 bits per heavy atom. The zero-order valence-electron chi connectivity index (χ0n) is 18.0. The van der Waals surface area contributed by atoms with Crippen molar-refractivity contribution in [1.82, 2.24) is 4.31 Å². The largest absolute Gasteiger partial charge is 0.480 e. The molecule has 0 bridgehead atoms. The summed E-state index contributed by atoms with van der Waals surface area (Å²) in [6, 6.07) is 19.5. The van der Waals surface area contributed by atoms with E-state index in [4.69, 9.17) is 0 Å². The maximum absolute atomic E-state index is 13.5. The van der Waals surface area contributed by atoms with Gasteiger partial charge in [0.1, 0.15) is 6.04 Å². The summed E-state index contributed by atoms with van der Waals surface area (Å²) < 4.78 is 27.7. The van der Waals surface area contributed by atoms with Gasteiger partial charge >= 0.3 is 5.97 Å². The molecule has 0 amide bonds. The van der Waals surface area contributed by atoms with Crippen molar-refractivity contribution in [3.8, 4) is 0 Å². The van der Waals surface area contributed by atoms with E-state index in [2.05, 4.69) is 0 Å². The first-order valence-corrected chi connectivity index (χ1v) is 11.8. The highest BCUT2D eigenvalue weighted by Gasteiger charge is 2.36. The first-order chi connectivity index (χ1) is 16.2. The summed E-state index contributed by atoms with van der Waals surface area (Å²) in [6.45, 7) is -0.378. The Balaban J connectivity index is 1.97. The normalized spacial score (nSPS) is 12.3. The number of carbonyl (C=O) groups is 2. The second-order valence-electron chi connectivity index (χ2n) is 7.45. The maximum Gasteiger partial charge on any atom is 0.322 e. The van der Waals surface area contributed by atoms with Gasteiger partial charge in [-0.3, -0.25) is 19.7 Å². The quantitative estimate of drug-likeness (QED) is 0.251. The molecular formula is C24H22N2O7S. The molecule has 0 saturated heterocycles. The molecule has 0 aliphatic rings. The standard InChI is InChI=1S/C24H22N2O7S/c27-23(19-9-5-2-6-10-19)15-16-25(22(24(28)29)17-18-7-3-1-4-8-18)34(32,33)21-13-11-20(12-14-21)26(30)31/h1-14,22H,15-17H2,(H,28,29)/t22-/m0/s1. The number of ketones is 1. The van der Waals surface area contributed by atoms with E-state index in [-0.39, 0.29) is 35.8 Å². The van der Waals surface area contributed by atoms with Crippen LogP contribution in [0.25, 0.3) is 0 Å². The Hall–Kier alpha value is -3.89. The number of hydrogen-bond donors (Lipinski definition) is 1. The van der Waals surface area contributed by atoms with Crippen LogP contribution in [0, 0.1) is 10.1 Å². The molecule has 1 atom stereocenters. The van der Waals surface area contributed by atoms with Crippen molar-refractivity contribution in [2.75, 3.05) is 6.54 Å². The van der Waals surface area contributed by atoms with E-state index in [0.29, 0.717) is 11.1 Å². The average Bonchev–Trinajstić information content (AvgIpc) is 2.84. The maximum atomic E-state index is 13.5. The molecule has 0 aromatic heterocycles. The predicted molar refractivity (Wildman–Crippen MR) is 124 cm³/mol. The number of non-ortho nitro benzene ring substituents is 1. The minimum atomic E-state index is -4.41. The third-order valence-electron chi connectivity index (χ3n) is 5.21. The van der Waals surface area contributed by atoms with Crippen LogP contribution in [0.2, 0.25) is 0 Å². The minimum absolute atomic E-state index is 0.123. The lowest BCUT2D eigenvalue weighted by Crippen LogP contribution is -2.47. The molecule has 0 saturated carbocycles. The summed E-state index contributed by atoms with van der Waals surface area (Å²) in [5.41, 5.74) is 0.683. The van der Waals surface area contributed by atoms with Crippen LogP contribution in [0.4, 0.5) is 5.69 Å².